The number of hydrogen-bond donors (Lipinski definition) is 1. The summed E-state index contributed by atoms with van der Waals surface area (Å²) in [6, 6.07) is 6.07. The van der Waals surface area contributed by atoms with Crippen LogP contribution in [0.25, 0.3) is 0 Å². The molecule has 0 bridgehead atoms. The van der Waals surface area contributed by atoms with Gasteiger partial charge in [-0.15, -0.1) is 5.10 Å². The van der Waals surface area contributed by atoms with E-state index in [1.54, 1.807) is 22.5 Å². The fourth-order valence-corrected chi connectivity index (χ4v) is 3.06. The van der Waals surface area contributed by atoms with Crippen molar-refractivity contribution in [1.82, 2.24) is 25.5 Å². The molecule has 0 radical (unpaired) electrons. The molecule has 0 fully saturated rings. The highest BCUT2D eigenvalue weighted by Crippen LogP contribution is 2.30. The maximum absolute atomic E-state index is 6.18. The molecule has 0 saturated carbocycles. The number of halogens is 2. The number of benzene rings is 1. The van der Waals surface area contributed by atoms with Crippen molar-refractivity contribution in [2.24, 2.45) is 0 Å². The highest BCUT2D eigenvalue weighted by atomic mass is 35.5. The molecule has 1 aromatic heterocycles. The van der Waals surface area contributed by atoms with Gasteiger partial charge in [-0.05, 0) is 22.1 Å². The normalized spacial score (nSPS) is 11.3. The first kappa shape index (κ1) is 16.5. The van der Waals surface area contributed by atoms with E-state index in [4.69, 9.17) is 23.2 Å². The summed E-state index contributed by atoms with van der Waals surface area (Å²) in [5.74, 6) is 0.678. The van der Waals surface area contributed by atoms with Crippen molar-refractivity contribution >= 4 is 35.0 Å². The molecule has 5 nitrogen and oxygen atoms in total. The van der Waals surface area contributed by atoms with Gasteiger partial charge in [0, 0.05) is 18.3 Å². The quantitative estimate of drug-likeness (QED) is 0.780. The highest BCUT2D eigenvalue weighted by molar-refractivity contribution is 7.98. The van der Waals surface area contributed by atoms with Crippen LogP contribution in [0.1, 0.15) is 19.4 Å². The summed E-state index contributed by atoms with van der Waals surface area (Å²) in [7, 11) is 0. The first-order chi connectivity index (χ1) is 10.1. The zero-order valence-electron chi connectivity index (χ0n) is 11.9. The first-order valence-electron chi connectivity index (χ1n) is 6.63. The lowest BCUT2D eigenvalue weighted by molar-refractivity contribution is 0.485. The molecule has 0 spiro atoms. The second-order valence-corrected chi connectivity index (χ2v) is 6.52. The third kappa shape index (κ3) is 4.85. The number of rotatable bonds is 7. The van der Waals surface area contributed by atoms with Crippen molar-refractivity contribution in [3.63, 3.8) is 0 Å². The topological polar surface area (TPSA) is 55.6 Å². The molecule has 0 saturated heterocycles. The van der Waals surface area contributed by atoms with E-state index in [-0.39, 0.29) is 0 Å². The molecule has 0 aliphatic heterocycles. The Balaban J connectivity index is 1.94. The zero-order chi connectivity index (χ0) is 15.2. The highest BCUT2D eigenvalue weighted by Gasteiger charge is 2.10. The Labute approximate surface area is 138 Å². The van der Waals surface area contributed by atoms with Gasteiger partial charge < -0.3 is 5.32 Å². The summed E-state index contributed by atoms with van der Waals surface area (Å²) < 4.78 is 1.79. The summed E-state index contributed by atoms with van der Waals surface area (Å²) in [6.45, 7) is 5.78. The van der Waals surface area contributed by atoms with Gasteiger partial charge in [0.15, 0.2) is 0 Å². The zero-order valence-corrected chi connectivity index (χ0v) is 14.2. The molecule has 0 aliphatic carbocycles. The van der Waals surface area contributed by atoms with Crippen molar-refractivity contribution in [2.75, 3.05) is 6.54 Å². The Morgan fingerprint density at radius 3 is 2.90 bits per heavy atom. The molecule has 0 aliphatic rings. The first-order valence-corrected chi connectivity index (χ1v) is 8.37. The molecular formula is C13H17Cl2N5S. The number of tetrazole rings is 1. The molecule has 1 heterocycles. The second kappa shape index (κ2) is 7.98. The van der Waals surface area contributed by atoms with Crippen LogP contribution in [0.4, 0.5) is 0 Å². The maximum Gasteiger partial charge on any atom is 0.209 e. The molecule has 2 aromatic rings. The van der Waals surface area contributed by atoms with Crippen LogP contribution in [0, 0.1) is 0 Å². The fourth-order valence-electron chi connectivity index (χ4n) is 1.70. The van der Waals surface area contributed by atoms with E-state index in [9.17, 15) is 0 Å². The third-order valence-electron chi connectivity index (χ3n) is 2.76. The van der Waals surface area contributed by atoms with Gasteiger partial charge >= 0.3 is 0 Å². The number of thioether (sulfide) groups is 1. The minimum Gasteiger partial charge on any atom is -0.313 e. The van der Waals surface area contributed by atoms with E-state index >= 15 is 0 Å². The maximum atomic E-state index is 6.18. The van der Waals surface area contributed by atoms with Gasteiger partial charge in [0.1, 0.15) is 0 Å². The molecule has 2 rings (SSSR count). The Kier molecular flexibility index (Phi) is 6.29. The Bertz CT molecular complexity index is 588. The fraction of sp³-hybridized carbons (Fsp3) is 0.462. The van der Waals surface area contributed by atoms with Gasteiger partial charge in [0.25, 0.3) is 0 Å². The number of hydrogen-bond acceptors (Lipinski definition) is 5. The van der Waals surface area contributed by atoms with Crippen LogP contribution in [0.5, 0.6) is 0 Å². The Hall–Kier alpha value is -0.820. The van der Waals surface area contributed by atoms with Gasteiger partial charge in [-0.1, -0.05) is 60.9 Å². The molecular weight excluding hydrogens is 329 g/mol. The van der Waals surface area contributed by atoms with Crippen LogP contribution >= 0.6 is 35.0 Å². The monoisotopic (exact) mass is 345 g/mol. The van der Waals surface area contributed by atoms with Crippen molar-refractivity contribution in [3.8, 4) is 0 Å². The second-order valence-electron chi connectivity index (χ2n) is 4.80. The van der Waals surface area contributed by atoms with Crippen LogP contribution in [0.15, 0.2) is 23.4 Å². The largest absolute Gasteiger partial charge is 0.313 e. The van der Waals surface area contributed by atoms with Crippen LogP contribution < -0.4 is 5.32 Å². The number of nitrogens with one attached hydrogen (secondary N) is 1. The van der Waals surface area contributed by atoms with Crippen LogP contribution in [-0.2, 0) is 12.3 Å². The van der Waals surface area contributed by atoms with Crippen molar-refractivity contribution in [1.29, 1.82) is 0 Å². The summed E-state index contributed by atoms with van der Waals surface area (Å²) in [5, 5.41) is 17.0. The van der Waals surface area contributed by atoms with Crippen LogP contribution in [0.3, 0.4) is 0 Å². The van der Waals surface area contributed by atoms with Crippen molar-refractivity contribution < 1.29 is 0 Å². The summed E-state index contributed by atoms with van der Waals surface area (Å²) in [6.07, 6.45) is 0. The lowest BCUT2D eigenvalue weighted by Gasteiger charge is -2.09. The van der Waals surface area contributed by atoms with Gasteiger partial charge in [0.2, 0.25) is 5.16 Å². The molecule has 1 N–H and O–H groups in total. The lowest BCUT2D eigenvalue weighted by atomic mass is 10.2. The van der Waals surface area contributed by atoms with Gasteiger partial charge in [-0.25, -0.2) is 4.68 Å². The average Bonchev–Trinajstić information content (AvgIpc) is 2.88. The van der Waals surface area contributed by atoms with Gasteiger partial charge in [0.05, 0.1) is 16.6 Å². The van der Waals surface area contributed by atoms with Crippen LogP contribution in [0.2, 0.25) is 10.0 Å². The smallest absolute Gasteiger partial charge is 0.209 e. The Morgan fingerprint density at radius 1 is 1.33 bits per heavy atom. The average molecular weight is 346 g/mol. The predicted molar refractivity (Wildman–Crippen MR) is 87.0 cm³/mol. The Morgan fingerprint density at radius 2 is 2.14 bits per heavy atom. The summed E-state index contributed by atoms with van der Waals surface area (Å²) in [4.78, 5) is 0. The molecule has 0 atom stereocenters. The SMILES string of the molecule is CC(C)NCCn1nnnc1SCc1cccc(Cl)c1Cl. The molecule has 21 heavy (non-hydrogen) atoms. The molecule has 1 aromatic carbocycles. The number of aromatic nitrogens is 4. The molecule has 0 amide bonds. The van der Waals surface area contributed by atoms with E-state index in [0.717, 1.165) is 23.8 Å². The third-order valence-corrected chi connectivity index (χ3v) is 4.63. The standard InChI is InChI=1S/C13H17Cl2N5S/c1-9(2)16-6-7-20-13(17-18-19-20)21-8-10-4-3-5-11(14)12(10)15/h3-5,9,16H,6-8H2,1-2H3. The molecule has 0 unspecified atom stereocenters. The predicted octanol–water partition coefficient (Wildman–Crippen LogP) is 3.27. The van der Waals surface area contributed by atoms with Crippen molar-refractivity contribution in [3.05, 3.63) is 33.8 Å². The molecule has 114 valence electrons. The summed E-state index contributed by atoms with van der Waals surface area (Å²) >= 11 is 13.7. The van der Waals surface area contributed by atoms with E-state index in [1.165, 1.54) is 0 Å². The van der Waals surface area contributed by atoms with Gasteiger partial charge in [-0.3, -0.25) is 0 Å². The minimum absolute atomic E-state index is 0.447. The van der Waals surface area contributed by atoms with E-state index in [0.29, 0.717) is 21.8 Å². The summed E-state index contributed by atoms with van der Waals surface area (Å²) in [5.41, 5.74) is 0.976. The van der Waals surface area contributed by atoms with Crippen molar-refractivity contribution in [2.45, 2.75) is 37.3 Å². The van der Waals surface area contributed by atoms with E-state index in [1.807, 2.05) is 12.1 Å². The molecule has 8 heteroatoms. The number of nitrogens with zero attached hydrogens (tertiary/aromatic N) is 4. The lowest BCUT2D eigenvalue weighted by Crippen LogP contribution is -2.27. The minimum atomic E-state index is 0.447. The van der Waals surface area contributed by atoms with Crippen LogP contribution in [-0.4, -0.2) is 32.8 Å². The van der Waals surface area contributed by atoms with E-state index in [2.05, 4.69) is 34.7 Å². The van der Waals surface area contributed by atoms with E-state index < -0.39 is 0 Å². The van der Waals surface area contributed by atoms with Gasteiger partial charge in [-0.2, -0.15) is 0 Å².